The summed E-state index contributed by atoms with van der Waals surface area (Å²) in [6, 6.07) is 6.39. The van der Waals surface area contributed by atoms with Crippen LogP contribution in [0.3, 0.4) is 0 Å². The van der Waals surface area contributed by atoms with Crippen LogP contribution in [0.4, 0.5) is 4.39 Å². The Morgan fingerprint density at radius 1 is 1.25 bits per heavy atom. The summed E-state index contributed by atoms with van der Waals surface area (Å²) < 4.78 is 42.6. The molecule has 2 N–H and O–H groups in total. The highest BCUT2D eigenvalue weighted by Gasteiger charge is 2.16. The maximum Gasteiger partial charge on any atom is 0.251 e. The lowest BCUT2D eigenvalue weighted by Gasteiger charge is -2.17. The minimum Gasteiger partial charge on any atom is -0.326 e. The molecule has 0 aliphatic carbocycles. The van der Waals surface area contributed by atoms with Gasteiger partial charge in [0, 0.05) is 25.8 Å². The van der Waals surface area contributed by atoms with E-state index in [0.29, 0.717) is 17.0 Å². The molecule has 0 aliphatic heterocycles. The van der Waals surface area contributed by atoms with Crippen LogP contribution in [0.5, 0.6) is 0 Å². The average Bonchev–Trinajstić information content (AvgIpc) is 3.31. The maximum absolute atomic E-state index is 13.1. The molecule has 11 heteroatoms. The van der Waals surface area contributed by atoms with Gasteiger partial charge in [0.1, 0.15) is 5.82 Å². The lowest BCUT2D eigenvalue weighted by Crippen LogP contribution is -2.31. The highest BCUT2D eigenvalue weighted by Crippen LogP contribution is 2.22. The number of nitrogens with one attached hydrogen (secondary N) is 2. The van der Waals surface area contributed by atoms with Gasteiger partial charge in [0.25, 0.3) is 10.0 Å². The molecular weight excluding hydrogens is 469 g/mol. The van der Waals surface area contributed by atoms with Crippen LogP contribution in [-0.2, 0) is 16.6 Å². The molecule has 7 nitrogen and oxygen atoms in total. The van der Waals surface area contributed by atoms with Gasteiger partial charge in [-0.25, -0.2) is 27.5 Å². The Kier molecular flexibility index (Phi) is 6.94. The fraction of sp³-hybridized carbons (Fsp3) is 0.294. The van der Waals surface area contributed by atoms with Gasteiger partial charge in [0.2, 0.25) is 0 Å². The van der Waals surface area contributed by atoms with Gasteiger partial charge in [-0.2, -0.15) is 0 Å². The van der Waals surface area contributed by atoms with Crippen LogP contribution in [-0.4, -0.2) is 36.0 Å². The molecule has 0 amide bonds. The van der Waals surface area contributed by atoms with Crippen molar-refractivity contribution in [2.24, 2.45) is 0 Å². The Balaban J connectivity index is 1.51. The summed E-state index contributed by atoms with van der Waals surface area (Å²) in [6.45, 7) is 3.24. The van der Waals surface area contributed by atoms with Crippen LogP contribution in [0.2, 0.25) is 0 Å². The second-order valence-corrected chi connectivity index (χ2v) is 10.3. The first-order valence-corrected chi connectivity index (χ1v) is 11.5. The quantitative estimate of drug-likeness (QED) is 0.453. The van der Waals surface area contributed by atoms with Gasteiger partial charge in [-0.1, -0.05) is 23.5 Å². The Bertz CT molecular complexity index is 1020. The first-order chi connectivity index (χ1) is 13.4. The second-order valence-electron chi connectivity index (χ2n) is 6.03. The van der Waals surface area contributed by atoms with E-state index in [9.17, 15) is 12.8 Å². The number of sulfonamides is 1. The highest BCUT2D eigenvalue weighted by molar-refractivity contribution is 9.11. The molecule has 0 fully saturated rings. The summed E-state index contributed by atoms with van der Waals surface area (Å²) in [7, 11) is -3.55. The molecule has 0 radical (unpaired) electrons. The van der Waals surface area contributed by atoms with Crippen molar-refractivity contribution in [3.8, 4) is 0 Å². The van der Waals surface area contributed by atoms with Crippen molar-refractivity contribution in [1.29, 1.82) is 0 Å². The number of imidazole rings is 1. The van der Waals surface area contributed by atoms with Crippen LogP contribution in [0.25, 0.3) is 0 Å². The van der Waals surface area contributed by atoms with Crippen LogP contribution < -0.4 is 10.0 Å². The molecule has 3 rings (SSSR count). The predicted octanol–water partition coefficient (Wildman–Crippen LogP) is 2.92. The number of hydrogen-bond donors (Lipinski definition) is 2. The summed E-state index contributed by atoms with van der Waals surface area (Å²) in [5.41, 5.74) is 1.93. The van der Waals surface area contributed by atoms with Gasteiger partial charge in [0.15, 0.2) is 8.13 Å². The van der Waals surface area contributed by atoms with Crippen LogP contribution in [0.1, 0.15) is 24.2 Å². The molecule has 1 aromatic carbocycles. The number of halogens is 2. The van der Waals surface area contributed by atoms with Crippen molar-refractivity contribution in [1.82, 2.24) is 24.6 Å². The number of thiazole rings is 1. The number of benzene rings is 1. The van der Waals surface area contributed by atoms with E-state index in [1.54, 1.807) is 24.7 Å². The van der Waals surface area contributed by atoms with Gasteiger partial charge in [-0.3, -0.25) is 0 Å². The molecule has 0 bridgehead atoms. The minimum atomic E-state index is -3.55. The lowest BCUT2D eigenvalue weighted by molar-refractivity contribution is 0.562. The van der Waals surface area contributed by atoms with Crippen molar-refractivity contribution >= 4 is 37.3 Å². The number of aromatic nitrogens is 3. The fourth-order valence-corrected chi connectivity index (χ4v) is 5.53. The van der Waals surface area contributed by atoms with Crippen LogP contribution >= 0.6 is 27.3 Å². The van der Waals surface area contributed by atoms with E-state index < -0.39 is 10.0 Å². The van der Waals surface area contributed by atoms with Crippen molar-refractivity contribution in [3.05, 3.63) is 64.0 Å². The Hall–Kier alpha value is -1.66. The normalized spacial score (nSPS) is 13.0. The third kappa shape index (κ3) is 5.23. The number of nitrogens with zero attached hydrogens (tertiary/aromatic N) is 3. The fourth-order valence-electron chi connectivity index (χ4n) is 2.64. The Labute approximate surface area is 175 Å². The zero-order valence-corrected chi connectivity index (χ0v) is 18.2. The lowest BCUT2D eigenvalue weighted by atomic mass is 10.1. The summed E-state index contributed by atoms with van der Waals surface area (Å²) in [5, 5.41) is 3.20. The number of hydrogen-bond acceptors (Lipinski definition) is 6. The molecule has 0 spiro atoms. The van der Waals surface area contributed by atoms with Gasteiger partial charge in [0.05, 0.1) is 24.3 Å². The third-order valence-corrected chi connectivity index (χ3v) is 7.54. The van der Waals surface area contributed by atoms with E-state index >= 15 is 0 Å². The molecule has 0 aliphatic rings. The SMILES string of the molecule is CC(c1ccc(F)cc1)n1cncc1CNCCNS(=O)(=O)c1cnc(Br)s1. The smallest absolute Gasteiger partial charge is 0.251 e. The van der Waals surface area contributed by atoms with E-state index in [0.717, 1.165) is 22.6 Å². The topological polar surface area (TPSA) is 88.9 Å². The molecule has 2 heterocycles. The molecule has 1 atom stereocenters. The van der Waals surface area contributed by atoms with E-state index in [2.05, 4.69) is 35.9 Å². The standard InChI is InChI=1S/C17H19BrFN5O2S2/c1-12(13-2-4-14(19)5-3-13)24-11-21-9-15(24)8-20-6-7-23-28(25,26)16-10-22-17(18)27-16/h2-5,9-12,20,23H,6-8H2,1H3. The summed E-state index contributed by atoms with van der Waals surface area (Å²) in [6.07, 6.45) is 4.81. The first kappa shape index (κ1) is 21.1. The molecule has 2 aromatic heterocycles. The van der Waals surface area contributed by atoms with E-state index in [1.807, 2.05) is 11.5 Å². The van der Waals surface area contributed by atoms with Gasteiger partial charge in [-0.05, 0) is 40.5 Å². The Morgan fingerprint density at radius 3 is 2.68 bits per heavy atom. The van der Waals surface area contributed by atoms with Crippen LogP contribution in [0.15, 0.2) is 51.1 Å². The maximum atomic E-state index is 13.1. The molecule has 150 valence electrons. The third-order valence-electron chi connectivity index (χ3n) is 4.14. The van der Waals surface area contributed by atoms with E-state index in [1.165, 1.54) is 18.3 Å². The largest absolute Gasteiger partial charge is 0.326 e. The summed E-state index contributed by atoms with van der Waals surface area (Å²) in [5.74, 6) is -0.267. The summed E-state index contributed by atoms with van der Waals surface area (Å²) >= 11 is 4.21. The van der Waals surface area contributed by atoms with Crippen molar-refractivity contribution in [2.75, 3.05) is 13.1 Å². The first-order valence-electron chi connectivity index (χ1n) is 8.44. The van der Waals surface area contributed by atoms with Crippen LogP contribution in [0, 0.1) is 5.82 Å². The van der Waals surface area contributed by atoms with Crippen molar-refractivity contribution < 1.29 is 12.8 Å². The van der Waals surface area contributed by atoms with Crippen molar-refractivity contribution in [2.45, 2.75) is 23.7 Å². The van der Waals surface area contributed by atoms with E-state index in [-0.39, 0.29) is 22.6 Å². The van der Waals surface area contributed by atoms with Crippen molar-refractivity contribution in [3.63, 3.8) is 0 Å². The zero-order valence-electron chi connectivity index (χ0n) is 15.0. The monoisotopic (exact) mass is 487 g/mol. The van der Waals surface area contributed by atoms with Gasteiger partial charge in [-0.15, -0.1) is 0 Å². The number of rotatable bonds is 9. The predicted molar refractivity (Wildman–Crippen MR) is 109 cm³/mol. The van der Waals surface area contributed by atoms with E-state index in [4.69, 9.17) is 0 Å². The molecule has 0 saturated carbocycles. The van der Waals surface area contributed by atoms with Gasteiger partial charge < -0.3 is 9.88 Å². The molecule has 1 unspecified atom stereocenters. The molecular formula is C17H19BrFN5O2S2. The molecule has 3 aromatic rings. The minimum absolute atomic E-state index is 0.00294. The molecule has 28 heavy (non-hydrogen) atoms. The second kappa shape index (κ2) is 9.23. The Morgan fingerprint density at radius 2 is 2.00 bits per heavy atom. The zero-order chi connectivity index (χ0) is 20.1. The average molecular weight is 488 g/mol. The molecule has 0 saturated heterocycles. The summed E-state index contributed by atoms with van der Waals surface area (Å²) in [4.78, 5) is 8.08. The highest BCUT2D eigenvalue weighted by atomic mass is 79.9. The van der Waals surface area contributed by atoms with Gasteiger partial charge >= 0.3 is 0 Å².